The number of hydrogen-bond donors (Lipinski definition) is 1. The fraction of sp³-hybridized carbons (Fsp3) is 0.435. The maximum Gasteiger partial charge on any atom is 0.379 e. The molecule has 2 aromatic rings. The van der Waals surface area contributed by atoms with Gasteiger partial charge in [-0.1, -0.05) is 42.5 Å². The molecule has 2 atom stereocenters. The highest BCUT2D eigenvalue weighted by Crippen LogP contribution is 2.41. The summed E-state index contributed by atoms with van der Waals surface area (Å²) in [4.78, 5) is 12.2. The molecule has 1 unspecified atom stereocenters. The molecule has 0 aliphatic rings. The van der Waals surface area contributed by atoms with Crippen molar-refractivity contribution in [2.75, 3.05) is 6.61 Å². The number of rotatable bonds is 9. The molecule has 8 heteroatoms. The number of halogens is 2. The van der Waals surface area contributed by atoms with Crippen molar-refractivity contribution in [1.29, 1.82) is 0 Å². The summed E-state index contributed by atoms with van der Waals surface area (Å²) < 4.78 is 55.5. The maximum atomic E-state index is 15.4. The fourth-order valence-corrected chi connectivity index (χ4v) is 3.63. The fourth-order valence-electron chi connectivity index (χ4n) is 2.71. The topological polar surface area (TPSA) is 70.6 Å². The lowest BCUT2D eigenvalue weighted by Crippen LogP contribution is -2.61. The van der Waals surface area contributed by atoms with E-state index in [1.165, 1.54) is 19.1 Å². The molecule has 2 rings (SSSR count). The number of esters is 1. The number of carbonyl (C=O) groups excluding carboxylic acids is 1. The molecule has 5 nitrogen and oxygen atoms in total. The molecule has 0 heterocycles. The van der Waals surface area contributed by atoms with Crippen LogP contribution in [0.3, 0.4) is 0 Å². The molecule has 0 aliphatic carbocycles. The monoisotopic (exact) mass is 453 g/mol. The Labute approximate surface area is 185 Å². The van der Waals surface area contributed by atoms with Crippen molar-refractivity contribution in [2.45, 2.75) is 57.4 Å². The van der Waals surface area contributed by atoms with Crippen LogP contribution >= 0.6 is 0 Å². The Morgan fingerprint density at radius 3 is 2.29 bits per heavy atom. The highest BCUT2D eigenvalue weighted by molar-refractivity contribution is 7.90. The summed E-state index contributed by atoms with van der Waals surface area (Å²) in [5, 5.41) is 0. The van der Waals surface area contributed by atoms with Gasteiger partial charge in [0.05, 0.1) is 6.61 Å². The molecule has 0 bridgehead atoms. The third kappa shape index (κ3) is 5.96. The van der Waals surface area contributed by atoms with Crippen LogP contribution < -0.4 is 9.46 Å². The lowest BCUT2D eigenvalue weighted by Gasteiger charge is -2.38. The summed E-state index contributed by atoms with van der Waals surface area (Å²) in [5.74, 6) is -5.34. The molecule has 1 N–H and O–H groups in total. The van der Waals surface area contributed by atoms with E-state index in [1.54, 1.807) is 32.9 Å². The molecule has 170 valence electrons. The molecule has 31 heavy (non-hydrogen) atoms. The smallest absolute Gasteiger partial charge is 0.379 e. The summed E-state index contributed by atoms with van der Waals surface area (Å²) in [6.07, 6.45) is 0. The molecular weight excluding hydrogens is 424 g/mol. The molecule has 0 amide bonds. The van der Waals surface area contributed by atoms with Crippen LogP contribution in [-0.2, 0) is 33.0 Å². The number of carbonyl (C=O) groups is 1. The van der Waals surface area contributed by atoms with Gasteiger partial charge in [-0.3, -0.25) is 0 Å². The number of ether oxygens (including phenoxy) is 2. The van der Waals surface area contributed by atoms with Crippen molar-refractivity contribution in [2.24, 2.45) is 0 Å². The predicted molar refractivity (Wildman–Crippen MR) is 117 cm³/mol. The van der Waals surface area contributed by atoms with Crippen LogP contribution in [0.1, 0.15) is 45.7 Å². The highest BCUT2D eigenvalue weighted by atomic mass is 32.2. The third-order valence-electron chi connectivity index (χ3n) is 4.67. The van der Waals surface area contributed by atoms with Gasteiger partial charge in [0.15, 0.2) is 5.54 Å². The number of nitrogens with one attached hydrogen (secondary N) is 1. The van der Waals surface area contributed by atoms with E-state index >= 15 is 8.78 Å². The van der Waals surface area contributed by atoms with Gasteiger partial charge in [0, 0.05) is 11.4 Å². The van der Waals surface area contributed by atoms with E-state index in [4.69, 9.17) is 4.74 Å². The van der Waals surface area contributed by atoms with Crippen molar-refractivity contribution >= 4 is 17.3 Å². The first-order chi connectivity index (χ1) is 14.4. The summed E-state index contributed by atoms with van der Waals surface area (Å²) in [6, 6.07) is 15.4. The zero-order valence-electron chi connectivity index (χ0n) is 18.4. The zero-order valence-corrected chi connectivity index (χ0v) is 19.2. The quantitative estimate of drug-likeness (QED) is 0.439. The molecule has 0 aliphatic heterocycles. The van der Waals surface area contributed by atoms with Crippen LogP contribution in [0.2, 0.25) is 0 Å². The van der Waals surface area contributed by atoms with Gasteiger partial charge in [0.1, 0.15) is 17.1 Å². The number of benzene rings is 2. The van der Waals surface area contributed by atoms with E-state index in [1.807, 2.05) is 30.3 Å². The van der Waals surface area contributed by atoms with E-state index in [0.717, 1.165) is 12.5 Å². The first-order valence-corrected chi connectivity index (χ1v) is 11.1. The second kappa shape index (κ2) is 9.97. The largest absolute Gasteiger partial charge is 0.598 e. The normalized spacial score (nSPS) is 15.1. The minimum atomic E-state index is -4.00. The van der Waals surface area contributed by atoms with Crippen molar-refractivity contribution in [1.82, 2.24) is 4.72 Å². The first-order valence-electron chi connectivity index (χ1n) is 9.94. The summed E-state index contributed by atoms with van der Waals surface area (Å²) in [5.41, 5.74) is -1.34. The SMILES string of the molecule is CCOC(=O)C(F)(F)C(C)(N[S@+]([O-])C(C)(C)C)c1cccc(OCc2ccccc2)c1. The maximum absolute atomic E-state index is 15.4. The zero-order chi connectivity index (χ0) is 23.3. The van der Waals surface area contributed by atoms with Crippen LogP contribution in [0.4, 0.5) is 8.78 Å². The van der Waals surface area contributed by atoms with Crippen molar-refractivity contribution in [3.8, 4) is 5.75 Å². The Morgan fingerprint density at radius 2 is 1.71 bits per heavy atom. The Kier molecular flexibility index (Phi) is 8.08. The molecule has 2 aromatic carbocycles. The second-order valence-corrected chi connectivity index (χ2v) is 10.2. The molecule has 0 fully saturated rings. The summed E-state index contributed by atoms with van der Waals surface area (Å²) in [7, 11) is 0. The standard InChI is InChI=1S/C23H29F2NO4S/c1-6-29-20(27)23(24,25)22(5,26-31(28)21(2,3)4)18-13-10-14-19(15-18)30-16-17-11-8-7-9-12-17/h7-15,26H,6,16H2,1-5H3/t22?,31-/m1/s1. The van der Waals surface area contributed by atoms with Crippen LogP contribution in [0.5, 0.6) is 5.75 Å². The Balaban J connectivity index is 2.42. The van der Waals surface area contributed by atoms with Crippen LogP contribution in [-0.4, -0.2) is 27.8 Å². The molecule has 0 saturated carbocycles. The number of alkyl halides is 2. The lowest BCUT2D eigenvalue weighted by molar-refractivity contribution is -0.183. The Bertz CT molecular complexity index is 873. The molecular formula is C23H29F2NO4S. The first kappa shape index (κ1) is 25.1. The lowest BCUT2D eigenvalue weighted by atomic mass is 9.86. The van der Waals surface area contributed by atoms with Crippen LogP contribution in [0.15, 0.2) is 54.6 Å². The molecule has 0 radical (unpaired) electrons. The van der Waals surface area contributed by atoms with Gasteiger partial charge in [-0.2, -0.15) is 8.78 Å². The predicted octanol–water partition coefficient (Wildman–Crippen LogP) is 4.73. The van der Waals surface area contributed by atoms with Crippen LogP contribution in [0.25, 0.3) is 0 Å². The van der Waals surface area contributed by atoms with E-state index in [2.05, 4.69) is 9.46 Å². The Hall–Kier alpha value is -2.16. The third-order valence-corrected chi connectivity index (χ3v) is 6.38. The van der Waals surface area contributed by atoms with Gasteiger partial charge in [-0.05, 0) is 57.9 Å². The van der Waals surface area contributed by atoms with E-state index in [-0.39, 0.29) is 18.8 Å². The van der Waals surface area contributed by atoms with Gasteiger partial charge in [0.25, 0.3) is 0 Å². The van der Waals surface area contributed by atoms with Gasteiger partial charge >= 0.3 is 11.9 Å². The highest BCUT2D eigenvalue weighted by Gasteiger charge is 2.61. The van der Waals surface area contributed by atoms with Gasteiger partial charge in [-0.25, -0.2) is 4.79 Å². The minimum Gasteiger partial charge on any atom is -0.598 e. The van der Waals surface area contributed by atoms with Gasteiger partial charge < -0.3 is 14.0 Å². The average molecular weight is 454 g/mol. The molecule has 0 aromatic heterocycles. The Morgan fingerprint density at radius 1 is 1.06 bits per heavy atom. The average Bonchev–Trinajstić information content (AvgIpc) is 2.72. The van der Waals surface area contributed by atoms with E-state index in [9.17, 15) is 9.35 Å². The van der Waals surface area contributed by atoms with Gasteiger partial charge in [-0.15, -0.1) is 4.72 Å². The van der Waals surface area contributed by atoms with Crippen molar-refractivity contribution < 1.29 is 27.6 Å². The van der Waals surface area contributed by atoms with Crippen molar-refractivity contribution in [3.63, 3.8) is 0 Å². The summed E-state index contributed by atoms with van der Waals surface area (Å²) >= 11 is -1.89. The number of hydrogen-bond acceptors (Lipinski definition) is 5. The van der Waals surface area contributed by atoms with E-state index < -0.39 is 33.5 Å². The second-order valence-electron chi connectivity index (χ2n) is 8.21. The molecule has 0 saturated heterocycles. The van der Waals surface area contributed by atoms with Crippen molar-refractivity contribution in [3.05, 3.63) is 65.7 Å². The minimum absolute atomic E-state index is 0.0497. The van der Waals surface area contributed by atoms with E-state index in [0.29, 0.717) is 5.75 Å². The summed E-state index contributed by atoms with van der Waals surface area (Å²) in [6.45, 7) is 7.59. The van der Waals surface area contributed by atoms with Crippen LogP contribution in [0, 0.1) is 0 Å². The molecule has 0 spiro atoms. The van der Waals surface area contributed by atoms with Gasteiger partial charge in [0.2, 0.25) is 0 Å².